The van der Waals surface area contributed by atoms with Crippen LogP contribution >= 0.6 is 0 Å². The molecule has 2 aromatic heterocycles. The van der Waals surface area contributed by atoms with Crippen molar-refractivity contribution in [3.63, 3.8) is 0 Å². The van der Waals surface area contributed by atoms with Crippen molar-refractivity contribution in [2.24, 2.45) is 7.05 Å². The molecular weight excluding hydrogens is 571 g/mol. The number of benzene rings is 8. The van der Waals surface area contributed by atoms with E-state index in [4.69, 9.17) is 4.42 Å². The molecule has 10 aromatic rings. The van der Waals surface area contributed by atoms with Gasteiger partial charge >= 0.3 is 0 Å². The van der Waals surface area contributed by atoms with Gasteiger partial charge in [-0.1, -0.05) is 140 Å². The molecule has 0 N–H and O–H groups in total. The van der Waals surface area contributed by atoms with Gasteiger partial charge in [0.05, 0.1) is 5.52 Å². The molecule has 0 amide bonds. The molecule has 0 aliphatic rings. The van der Waals surface area contributed by atoms with E-state index in [0.29, 0.717) is 0 Å². The van der Waals surface area contributed by atoms with Crippen LogP contribution in [0, 0.1) is 0 Å². The molecule has 8 aromatic carbocycles. The summed E-state index contributed by atoms with van der Waals surface area (Å²) >= 11 is 0. The van der Waals surface area contributed by atoms with E-state index in [-0.39, 0.29) is 0 Å². The molecule has 0 spiro atoms. The van der Waals surface area contributed by atoms with E-state index in [0.717, 1.165) is 33.1 Å². The smallest absolute Gasteiger partial charge is 0.144 e. The molecule has 10 rings (SSSR count). The van der Waals surface area contributed by atoms with Crippen LogP contribution in [0.2, 0.25) is 0 Å². The minimum Gasteiger partial charge on any atom is -0.455 e. The average Bonchev–Trinajstić information content (AvgIpc) is 3.66. The lowest BCUT2D eigenvalue weighted by Gasteiger charge is -2.16. The molecule has 0 fully saturated rings. The van der Waals surface area contributed by atoms with Gasteiger partial charge in [-0.05, 0) is 56.4 Å². The maximum atomic E-state index is 6.87. The topological polar surface area (TPSA) is 18.1 Å². The second-order valence-electron chi connectivity index (χ2n) is 12.5. The summed E-state index contributed by atoms with van der Waals surface area (Å²) in [6.07, 6.45) is 0. The van der Waals surface area contributed by atoms with Crippen LogP contribution in [-0.2, 0) is 7.05 Å². The number of fused-ring (bicyclic) bond motifs is 8. The lowest BCUT2D eigenvalue weighted by molar-refractivity contribution is 0.670. The molecule has 2 heteroatoms. The number of aromatic nitrogens is 1. The van der Waals surface area contributed by atoms with E-state index in [2.05, 4.69) is 169 Å². The highest BCUT2D eigenvalue weighted by atomic mass is 16.3. The predicted molar refractivity (Wildman–Crippen MR) is 199 cm³/mol. The van der Waals surface area contributed by atoms with Crippen molar-refractivity contribution in [2.45, 2.75) is 0 Å². The number of aryl methyl sites for hydroxylation is 1. The van der Waals surface area contributed by atoms with Gasteiger partial charge in [-0.3, -0.25) is 0 Å². The molecular formula is C45H29NO. The molecule has 0 aliphatic carbocycles. The van der Waals surface area contributed by atoms with Crippen molar-refractivity contribution >= 4 is 65.3 Å². The Balaban J connectivity index is 1.28. The Morgan fingerprint density at radius 1 is 0.447 bits per heavy atom. The van der Waals surface area contributed by atoms with Gasteiger partial charge in [-0.2, -0.15) is 0 Å². The second kappa shape index (κ2) is 9.94. The number of hydrogen-bond acceptors (Lipinski definition) is 1. The third kappa shape index (κ3) is 3.79. The molecule has 0 saturated heterocycles. The highest BCUT2D eigenvalue weighted by molar-refractivity contribution is 6.29. The fraction of sp³-hybridized carbons (Fsp3) is 0.0222. The Kier molecular flexibility index (Phi) is 5.53. The van der Waals surface area contributed by atoms with Crippen LogP contribution in [0.1, 0.15) is 0 Å². The van der Waals surface area contributed by atoms with Gasteiger partial charge in [-0.25, -0.2) is 0 Å². The molecule has 220 valence electrons. The summed E-state index contributed by atoms with van der Waals surface area (Å²) in [5.41, 5.74) is 11.4. The van der Waals surface area contributed by atoms with Crippen LogP contribution in [0.4, 0.5) is 0 Å². The van der Waals surface area contributed by atoms with Crippen LogP contribution in [-0.4, -0.2) is 4.57 Å². The van der Waals surface area contributed by atoms with Crippen LogP contribution in [0.15, 0.2) is 162 Å². The summed E-state index contributed by atoms with van der Waals surface area (Å²) in [6, 6.07) is 57.0. The zero-order valence-electron chi connectivity index (χ0n) is 25.9. The van der Waals surface area contributed by atoms with Gasteiger partial charge in [0, 0.05) is 50.8 Å². The Hall–Kier alpha value is -6.12. The summed E-state index contributed by atoms with van der Waals surface area (Å²) in [5.74, 6) is 0. The molecule has 2 nitrogen and oxygen atoms in total. The first-order valence-corrected chi connectivity index (χ1v) is 16.2. The molecule has 2 heterocycles. The first-order valence-electron chi connectivity index (χ1n) is 16.2. The highest BCUT2D eigenvalue weighted by Crippen LogP contribution is 2.49. The third-order valence-corrected chi connectivity index (χ3v) is 9.99. The van der Waals surface area contributed by atoms with Crippen LogP contribution in [0.5, 0.6) is 0 Å². The minimum atomic E-state index is 0.900. The largest absolute Gasteiger partial charge is 0.455 e. The molecule has 0 bridgehead atoms. The van der Waals surface area contributed by atoms with Gasteiger partial charge in [0.2, 0.25) is 0 Å². The summed E-state index contributed by atoms with van der Waals surface area (Å²) in [7, 11) is 2.19. The summed E-state index contributed by atoms with van der Waals surface area (Å²) in [4.78, 5) is 0. The number of furan rings is 1. The monoisotopic (exact) mass is 599 g/mol. The van der Waals surface area contributed by atoms with E-state index in [1.165, 1.54) is 65.6 Å². The molecule has 0 aliphatic heterocycles. The van der Waals surface area contributed by atoms with Crippen molar-refractivity contribution in [3.8, 4) is 33.4 Å². The lowest BCUT2D eigenvalue weighted by Crippen LogP contribution is -1.93. The minimum absolute atomic E-state index is 0.900. The maximum absolute atomic E-state index is 6.87. The lowest BCUT2D eigenvalue weighted by atomic mass is 9.87. The van der Waals surface area contributed by atoms with Gasteiger partial charge in [-0.15, -0.1) is 0 Å². The van der Waals surface area contributed by atoms with Crippen molar-refractivity contribution < 1.29 is 4.42 Å². The number of hydrogen-bond donors (Lipinski definition) is 0. The summed E-state index contributed by atoms with van der Waals surface area (Å²) in [6.45, 7) is 0. The fourth-order valence-electron chi connectivity index (χ4n) is 7.85. The average molecular weight is 600 g/mol. The molecule has 47 heavy (non-hydrogen) atoms. The third-order valence-electron chi connectivity index (χ3n) is 9.99. The quantitative estimate of drug-likeness (QED) is 0.198. The molecule has 0 saturated carbocycles. The number of rotatable bonds is 3. The Morgan fingerprint density at radius 3 is 1.89 bits per heavy atom. The summed E-state index contributed by atoms with van der Waals surface area (Å²) in [5, 5.41) is 9.73. The molecule has 0 radical (unpaired) electrons. The molecule has 0 unspecified atom stereocenters. The van der Waals surface area contributed by atoms with Gasteiger partial charge < -0.3 is 8.98 Å². The maximum Gasteiger partial charge on any atom is 0.144 e. The SMILES string of the molecule is Cn1c2ccccc2c2cccc(-c3c4ccccc4c(-c4ccc(-c5ccc6ccccc6c5)cc4)c4oc5ccccc5c34)c21. The van der Waals surface area contributed by atoms with Crippen LogP contribution < -0.4 is 0 Å². The van der Waals surface area contributed by atoms with Crippen molar-refractivity contribution in [1.82, 2.24) is 4.57 Å². The van der Waals surface area contributed by atoms with Crippen molar-refractivity contribution in [1.29, 1.82) is 0 Å². The Labute approximate surface area is 271 Å². The molecule has 0 atom stereocenters. The second-order valence-corrected chi connectivity index (χ2v) is 12.5. The van der Waals surface area contributed by atoms with Crippen molar-refractivity contribution in [3.05, 3.63) is 158 Å². The zero-order chi connectivity index (χ0) is 31.1. The first kappa shape index (κ1) is 26.1. The van der Waals surface area contributed by atoms with E-state index in [1.807, 2.05) is 0 Å². The van der Waals surface area contributed by atoms with Crippen LogP contribution in [0.25, 0.3) is 98.7 Å². The normalized spacial score (nSPS) is 11.9. The van der Waals surface area contributed by atoms with E-state index < -0.39 is 0 Å². The van der Waals surface area contributed by atoms with Crippen molar-refractivity contribution in [2.75, 3.05) is 0 Å². The highest BCUT2D eigenvalue weighted by Gasteiger charge is 2.24. The van der Waals surface area contributed by atoms with E-state index >= 15 is 0 Å². The van der Waals surface area contributed by atoms with E-state index in [9.17, 15) is 0 Å². The number of nitrogens with zero attached hydrogens (tertiary/aromatic N) is 1. The van der Waals surface area contributed by atoms with Gasteiger partial charge in [0.1, 0.15) is 11.2 Å². The van der Waals surface area contributed by atoms with Gasteiger partial charge in [0.15, 0.2) is 0 Å². The predicted octanol–water partition coefficient (Wildman–Crippen LogP) is 12.5. The first-order chi connectivity index (χ1) is 23.2. The Bertz CT molecular complexity index is 2850. The van der Waals surface area contributed by atoms with Gasteiger partial charge in [0.25, 0.3) is 0 Å². The zero-order valence-corrected chi connectivity index (χ0v) is 25.9. The Morgan fingerprint density at radius 2 is 1.06 bits per heavy atom. The number of para-hydroxylation sites is 3. The van der Waals surface area contributed by atoms with E-state index in [1.54, 1.807) is 0 Å². The van der Waals surface area contributed by atoms with Crippen LogP contribution in [0.3, 0.4) is 0 Å². The standard InChI is InChI=1S/C45H29NO/c1-46-39-19-8-6-13-33(39)36-17-10-18-38(44(36)46)42-35-15-5-4-14-34(35)41(45-43(42)37-16-7-9-20-40(37)47-45)30-24-21-29(22-25-30)32-26-23-28-11-2-3-12-31(28)27-32/h2-27H,1H3. The summed E-state index contributed by atoms with van der Waals surface area (Å²) < 4.78 is 9.22. The fourth-order valence-corrected chi connectivity index (χ4v) is 7.85.